The number of rotatable bonds is 6. The Labute approximate surface area is 154 Å². The van der Waals surface area contributed by atoms with Crippen LogP contribution in [0, 0.1) is 5.92 Å². The molecule has 0 spiro atoms. The highest BCUT2D eigenvalue weighted by Crippen LogP contribution is 2.24. The minimum atomic E-state index is -0.550. The number of amides is 2. The second-order valence-electron chi connectivity index (χ2n) is 7.62. The maximum Gasteiger partial charge on any atom is 0.243 e. The molecule has 2 amide bonds. The monoisotopic (exact) mass is 355 g/mol. The highest BCUT2D eigenvalue weighted by molar-refractivity contribution is 5.90. The molecule has 140 valence electrons. The number of aromatic nitrogens is 1. The zero-order valence-corrected chi connectivity index (χ0v) is 15.7. The van der Waals surface area contributed by atoms with E-state index in [1.54, 1.807) is 0 Å². The fraction of sp³-hybridized carbons (Fsp3) is 0.524. The van der Waals surface area contributed by atoms with E-state index in [9.17, 15) is 9.59 Å². The number of nitrogens with one attached hydrogen (secondary N) is 3. The van der Waals surface area contributed by atoms with Crippen molar-refractivity contribution < 1.29 is 9.59 Å². The largest absolute Gasteiger partial charge is 0.361 e. The van der Waals surface area contributed by atoms with Gasteiger partial charge in [0.25, 0.3) is 0 Å². The Morgan fingerprint density at radius 2 is 1.85 bits per heavy atom. The van der Waals surface area contributed by atoms with E-state index in [1.165, 1.54) is 6.42 Å². The molecule has 26 heavy (non-hydrogen) atoms. The number of H-pyrrole nitrogens is 1. The zero-order valence-electron chi connectivity index (χ0n) is 15.7. The van der Waals surface area contributed by atoms with Crippen LogP contribution in [0.2, 0.25) is 0 Å². The van der Waals surface area contributed by atoms with E-state index in [1.807, 2.05) is 44.3 Å². The molecule has 1 aromatic heterocycles. The van der Waals surface area contributed by atoms with Gasteiger partial charge in [0, 0.05) is 35.5 Å². The average molecular weight is 355 g/mol. The molecule has 1 fully saturated rings. The van der Waals surface area contributed by atoms with Crippen molar-refractivity contribution >= 4 is 22.7 Å². The minimum Gasteiger partial charge on any atom is -0.361 e. The summed E-state index contributed by atoms with van der Waals surface area (Å²) in [6.07, 6.45) is 7.69. The smallest absolute Gasteiger partial charge is 0.243 e. The van der Waals surface area contributed by atoms with Gasteiger partial charge in [-0.25, -0.2) is 0 Å². The van der Waals surface area contributed by atoms with E-state index in [0.717, 1.165) is 42.1 Å². The van der Waals surface area contributed by atoms with Crippen molar-refractivity contribution in [3.8, 4) is 0 Å². The predicted molar refractivity (Wildman–Crippen MR) is 104 cm³/mol. The van der Waals surface area contributed by atoms with E-state index >= 15 is 0 Å². The molecular formula is C21H29N3O2. The lowest BCUT2D eigenvalue weighted by molar-refractivity contribution is -0.132. The van der Waals surface area contributed by atoms with Crippen LogP contribution >= 0.6 is 0 Å². The summed E-state index contributed by atoms with van der Waals surface area (Å²) in [6, 6.07) is 7.52. The molecule has 3 N–H and O–H groups in total. The SMILES string of the molecule is CC(C)NC(=O)[C@@H](Cc1c[nH]c2ccccc12)NC(=O)C1CCCCC1. The van der Waals surface area contributed by atoms with Gasteiger partial charge in [-0.05, 0) is 38.3 Å². The molecule has 2 aromatic rings. The van der Waals surface area contributed by atoms with E-state index in [2.05, 4.69) is 15.6 Å². The molecule has 0 unspecified atom stereocenters. The molecular weight excluding hydrogens is 326 g/mol. The quantitative estimate of drug-likeness (QED) is 0.744. The van der Waals surface area contributed by atoms with Gasteiger partial charge in [0.05, 0.1) is 0 Å². The highest BCUT2D eigenvalue weighted by Gasteiger charge is 2.27. The van der Waals surface area contributed by atoms with Gasteiger partial charge in [-0.15, -0.1) is 0 Å². The van der Waals surface area contributed by atoms with Crippen LogP contribution in [0.3, 0.4) is 0 Å². The summed E-state index contributed by atoms with van der Waals surface area (Å²) >= 11 is 0. The first-order valence-electron chi connectivity index (χ1n) is 9.70. The van der Waals surface area contributed by atoms with E-state index in [4.69, 9.17) is 0 Å². The third-order valence-electron chi connectivity index (χ3n) is 5.14. The lowest BCUT2D eigenvalue weighted by atomic mass is 9.88. The molecule has 1 aromatic carbocycles. The van der Waals surface area contributed by atoms with Crippen LogP contribution in [0.1, 0.15) is 51.5 Å². The maximum atomic E-state index is 12.7. The first-order chi connectivity index (χ1) is 12.5. The molecule has 5 heteroatoms. The molecule has 0 saturated heterocycles. The summed E-state index contributed by atoms with van der Waals surface area (Å²) in [7, 11) is 0. The fourth-order valence-corrected chi connectivity index (χ4v) is 3.77. The van der Waals surface area contributed by atoms with Crippen molar-refractivity contribution in [2.75, 3.05) is 0 Å². The van der Waals surface area contributed by atoms with Gasteiger partial charge < -0.3 is 15.6 Å². The Morgan fingerprint density at radius 3 is 2.58 bits per heavy atom. The average Bonchev–Trinajstić information content (AvgIpc) is 3.04. The fourth-order valence-electron chi connectivity index (χ4n) is 3.77. The number of benzene rings is 1. The number of aromatic amines is 1. The van der Waals surface area contributed by atoms with E-state index in [-0.39, 0.29) is 23.8 Å². The number of carbonyl (C=O) groups is 2. The topological polar surface area (TPSA) is 74.0 Å². The molecule has 3 rings (SSSR count). The number of para-hydroxylation sites is 1. The summed E-state index contributed by atoms with van der Waals surface area (Å²) in [5.41, 5.74) is 2.09. The maximum absolute atomic E-state index is 12.7. The summed E-state index contributed by atoms with van der Waals surface area (Å²) in [5.74, 6) is -0.0519. The van der Waals surface area contributed by atoms with E-state index in [0.29, 0.717) is 6.42 Å². The molecule has 0 radical (unpaired) electrons. The standard InChI is InChI=1S/C21H29N3O2/c1-14(2)23-21(26)19(24-20(25)15-8-4-3-5-9-15)12-16-13-22-18-11-7-6-10-17(16)18/h6-7,10-11,13-15,19,22H,3-5,8-9,12H2,1-2H3,(H,23,26)(H,24,25)/t19-/m1/s1. The normalized spacial score (nSPS) is 16.6. The molecule has 5 nitrogen and oxygen atoms in total. The van der Waals surface area contributed by atoms with Gasteiger partial charge in [0.15, 0.2) is 0 Å². The summed E-state index contributed by atoms with van der Waals surface area (Å²) in [5, 5.41) is 7.08. The second kappa shape index (κ2) is 8.39. The Morgan fingerprint density at radius 1 is 1.12 bits per heavy atom. The molecule has 0 aliphatic heterocycles. The number of carbonyl (C=O) groups excluding carboxylic acids is 2. The molecule has 1 aliphatic carbocycles. The molecule has 1 heterocycles. The third kappa shape index (κ3) is 4.45. The van der Waals surface area contributed by atoms with Crippen LogP contribution in [0.5, 0.6) is 0 Å². The van der Waals surface area contributed by atoms with Crippen molar-refractivity contribution in [3.05, 3.63) is 36.0 Å². The van der Waals surface area contributed by atoms with Crippen molar-refractivity contribution in [2.45, 2.75) is 64.5 Å². The lowest BCUT2D eigenvalue weighted by Gasteiger charge is -2.25. The molecule has 1 atom stereocenters. The Bertz CT molecular complexity index is 759. The van der Waals surface area contributed by atoms with Crippen LogP contribution in [0.25, 0.3) is 10.9 Å². The zero-order chi connectivity index (χ0) is 18.5. The van der Waals surface area contributed by atoms with Crippen LogP contribution in [-0.2, 0) is 16.0 Å². The van der Waals surface area contributed by atoms with Crippen molar-refractivity contribution in [1.29, 1.82) is 0 Å². The Kier molecular flexibility index (Phi) is 5.96. The van der Waals surface area contributed by atoms with Crippen molar-refractivity contribution in [2.24, 2.45) is 5.92 Å². The minimum absolute atomic E-state index is 0.0217. The summed E-state index contributed by atoms with van der Waals surface area (Å²) in [4.78, 5) is 28.6. The lowest BCUT2D eigenvalue weighted by Crippen LogP contribution is -2.51. The highest BCUT2D eigenvalue weighted by atomic mass is 16.2. The van der Waals surface area contributed by atoms with Gasteiger partial charge in [-0.3, -0.25) is 9.59 Å². The van der Waals surface area contributed by atoms with Gasteiger partial charge in [0.1, 0.15) is 6.04 Å². The summed E-state index contributed by atoms with van der Waals surface area (Å²) in [6.45, 7) is 3.87. The van der Waals surface area contributed by atoms with Gasteiger partial charge in [0.2, 0.25) is 11.8 Å². The summed E-state index contributed by atoms with van der Waals surface area (Å²) < 4.78 is 0. The van der Waals surface area contributed by atoms with Crippen molar-refractivity contribution in [3.63, 3.8) is 0 Å². The number of hydrogen-bond acceptors (Lipinski definition) is 2. The molecule has 0 bridgehead atoms. The Hall–Kier alpha value is -2.30. The first kappa shape index (κ1) is 18.5. The molecule has 1 saturated carbocycles. The predicted octanol–water partition coefficient (Wildman–Crippen LogP) is 3.30. The number of hydrogen-bond donors (Lipinski definition) is 3. The molecule has 1 aliphatic rings. The van der Waals surface area contributed by atoms with Gasteiger partial charge >= 0.3 is 0 Å². The second-order valence-corrected chi connectivity index (χ2v) is 7.62. The number of fused-ring (bicyclic) bond motifs is 1. The first-order valence-corrected chi connectivity index (χ1v) is 9.70. The third-order valence-corrected chi connectivity index (χ3v) is 5.14. The van der Waals surface area contributed by atoms with Crippen LogP contribution in [0.4, 0.5) is 0 Å². The van der Waals surface area contributed by atoms with Crippen LogP contribution < -0.4 is 10.6 Å². The van der Waals surface area contributed by atoms with Gasteiger partial charge in [-0.2, -0.15) is 0 Å². The van der Waals surface area contributed by atoms with Crippen molar-refractivity contribution in [1.82, 2.24) is 15.6 Å². The Balaban J connectivity index is 1.76. The van der Waals surface area contributed by atoms with Crippen LogP contribution in [-0.4, -0.2) is 28.9 Å². The van der Waals surface area contributed by atoms with Crippen LogP contribution in [0.15, 0.2) is 30.5 Å². The van der Waals surface area contributed by atoms with Gasteiger partial charge in [-0.1, -0.05) is 37.5 Å². The van der Waals surface area contributed by atoms with E-state index < -0.39 is 6.04 Å².